The molecule has 0 amide bonds. The number of hydrogen-bond donors (Lipinski definition) is 2. The first kappa shape index (κ1) is 27.8. The second-order valence-corrected chi connectivity index (χ2v) is 11.2. The number of aromatic nitrogens is 4. The summed E-state index contributed by atoms with van der Waals surface area (Å²) < 4.78 is 14.8. The number of alkyl halides is 1. The monoisotopic (exact) mass is 544 g/mol. The van der Waals surface area contributed by atoms with Crippen LogP contribution in [0.25, 0.3) is 10.9 Å². The van der Waals surface area contributed by atoms with Gasteiger partial charge in [0, 0.05) is 23.8 Å². The van der Waals surface area contributed by atoms with Gasteiger partial charge in [-0.15, -0.1) is 5.10 Å². The average molecular weight is 545 g/mol. The van der Waals surface area contributed by atoms with Gasteiger partial charge in [0.15, 0.2) is 0 Å². The molecule has 4 aromatic rings. The van der Waals surface area contributed by atoms with Gasteiger partial charge in [-0.2, -0.15) is 10.5 Å². The molecule has 200 valence electrons. The molecule has 10 heteroatoms. The van der Waals surface area contributed by atoms with Crippen LogP contribution in [0.5, 0.6) is 0 Å². The van der Waals surface area contributed by atoms with Gasteiger partial charge in [0.2, 0.25) is 0 Å². The first-order valence-electron chi connectivity index (χ1n) is 12.6. The molecule has 39 heavy (non-hydrogen) atoms. The zero-order valence-electron chi connectivity index (χ0n) is 22.5. The molecule has 8 nitrogen and oxygen atoms in total. The normalized spacial score (nSPS) is 12.9. The zero-order valence-corrected chi connectivity index (χ0v) is 23.3. The zero-order chi connectivity index (χ0) is 28.3. The number of halogens is 2. The van der Waals surface area contributed by atoms with Crippen molar-refractivity contribution in [3.05, 3.63) is 75.7 Å². The van der Waals surface area contributed by atoms with E-state index < -0.39 is 18.8 Å². The number of hydrogen-bond acceptors (Lipinski definition) is 7. The van der Waals surface area contributed by atoms with Crippen molar-refractivity contribution in [2.75, 3.05) is 23.9 Å². The summed E-state index contributed by atoms with van der Waals surface area (Å²) >= 11 is 6.71. The maximum absolute atomic E-state index is 13.4. The Morgan fingerprint density at radius 1 is 1.15 bits per heavy atom. The van der Waals surface area contributed by atoms with E-state index in [1.165, 1.54) is 10.9 Å². The minimum absolute atomic E-state index is 0.0288. The Morgan fingerprint density at radius 3 is 2.56 bits per heavy atom. The Morgan fingerprint density at radius 2 is 1.90 bits per heavy atom. The summed E-state index contributed by atoms with van der Waals surface area (Å²) in [7, 11) is 0. The highest BCUT2D eigenvalue weighted by molar-refractivity contribution is 6.35. The lowest BCUT2D eigenvalue weighted by Gasteiger charge is -2.23. The van der Waals surface area contributed by atoms with E-state index in [2.05, 4.69) is 58.8 Å². The fraction of sp³-hybridized carbons (Fsp3) is 0.345. The molecule has 2 aromatic heterocycles. The Labute approximate surface area is 232 Å². The van der Waals surface area contributed by atoms with E-state index in [-0.39, 0.29) is 5.41 Å². The second kappa shape index (κ2) is 11.3. The van der Waals surface area contributed by atoms with E-state index >= 15 is 0 Å². The summed E-state index contributed by atoms with van der Waals surface area (Å²) in [4.78, 5) is 4.44. The maximum atomic E-state index is 13.4. The molecule has 2 aromatic carbocycles. The summed E-state index contributed by atoms with van der Waals surface area (Å²) in [6.45, 7) is 9.97. The predicted octanol–water partition coefficient (Wildman–Crippen LogP) is 6.72. The topological polar surface area (TPSA) is 115 Å². The first-order chi connectivity index (χ1) is 18.6. The summed E-state index contributed by atoms with van der Waals surface area (Å²) in [5, 5.41) is 35.9. The lowest BCUT2D eigenvalue weighted by atomic mass is 9.95. The van der Waals surface area contributed by atoms with Crippen molar-refractivity contribution in [1.82, 2.24) is 20.0 Å². The third kappa shape index (κ3) is 5.94. The molecule has 0 aliphatic rings. The quantitative estimate of drug-likeness (QED) is 0.253. The van der Waals surface area contributed by atoms with Crippen LogP contribution >= 0.6 is 11.6 Å². The van der Waals surface area contributed by atoms with Crippen LogP contribution < -0.4 is 10.6 Å². The van der Waals surface area contributed by atoms with E-state index in [0.717, 1.165) is 11.1 Å². The van der Waals surface area contributed by atoms with Crippen LogP contribution in [-0.2, 0) is 0 Å². The summed E-state index contributed by atoms with van der Waals surface area (Å²) in [5.74, 6) is 0. The highest BCUT2D eigenvalue weighted by atomic mass is 35.5. The van der Waals surface area contributed by atoms with Gasteiger partial charge in [0.25, 0.3) is 0 Å². The fourth-order valence-corrected chi connectivity index (χ4v) is 4.51. The van der Waals surface area contributed by atoms with Crippen LogP contribution in [-0.4, -0.2) is 33.2 Å². The minimum atomic E-state index is -0.581. The number of nitrogens with one attached hydrogen (secondary N) is 2. The summed E-state index contributed by atoms with van der Waals surface area (Å²) in [6.07, 6.45) is 3.23. The predicted molar refractivity (Wildman–Crippen MR) is 151 cm³/mol. The number of nitriles is 2. The number of rotatable bonds is 8. The van der Waals surface area contributed by atoms with Crippen LogP contribution in [0.3, 0.4) is 0 Å². The van der Waals surface area contributed by atoms with Gasteiger partial charge in [-0.1, -0.05) is 49.7 Å². The van der Waals surface area contributed by atoms with E-state index in [0.29, 0.717) is 50.7 Å². The molecule has 2 N–H and O–H groups in total. The first-order valence-corrected chi connectivity index (χ1v) is 12.9. The van der Waals surface area contributed by atoms with E-state index in [9.17, 15) is 14.9 Å². The molecule has 0 fully saturated rings. The van der Waals surface area contributed by atoms with Gasteiger partial charge in [-0.3, -0.25) is 4.98 Å². The third-order valence-corrected chi connectivity index (χ3v) is 6.75. The van der Waals surface area contributed by atoms with Crippen LogP contribution in [0.4, 0.5) is 15.8 Å². The van der Waals surface area contributed by atoms with Crippen LogP contribution in [0.1, 0.15) is 67.7 Å². The molecule has 1 unspecified atom stereocenters. The number of nitrogens with zero attached hydrogens (tertiary/aromatic N) is 6. The van der Waals surface area contributed by atoms with Gasteiger partial charge >= 0.3 is 0 Å². The second-order valence-electron chi connectivity index (χ2n) is 10.8. The van der Waals surface area contributed by atoms with E-state index in [1.807, 2.05) is 25.1 Å². The van der Waals surface area contributed by atoms with Crippen molar-refractivity contribution < 1.29 is 4.39 Å². The molecule has 2 atom stereocenters. The van der Waals surface area contributed by atoms with Crippen molar-refractivity contribution >= 4 is 33.9 Å². The van der Waals surface area contributed by atoms with E-state index in [4.69, 9.17) is 11.6 Å². The number of anilines is 2. The Kier molecular flexibility index (Phi) is 8.03. The molecule has 0 saturated carbocycles. The van der Waals surface area contributed by atoms with Crippen molar-refractivity contribution in [2.45, 2.75) is 46.7 Å². The summed E-state index contributed by atoms with van der Waals surface area (Å²) in [5.41, 5.74) is 4.97. The molecule has 0 saturated heterocycles. The molecule has 4 rings (SSSR count). The van der Waals surface area contributed by atoms with E-state index in [1.54, 1.807) is 25.3 Å². The molecule has 2 heterocycles. The standard InChI is InChI=1S/C29H30ClFN8/c1-17(11-31)39-15-25(37-38-39)28(22-8-6-7-19(12-32)18(22)2)36-21-9-23-26(35-16-29(3,4)5)20(13-33)14-34-27(23)24(30)10-21/h6-10,14-15,17,28,36H,11,16H2,1-5H3,(H,34,35)/t17?,28-/m0/s1. The molecular weight excluding hydrogens is 515 g/mol. The average Bonchev–Trinajstić information content (AvgIpc) is 3.40. The van der Waals surface area contributed by atoms with Gasteiger partial charge in [-0.05, 0) is 48.6 Å². The number of fused-ring (bicyclic) bond motifs is 1. The van der Waals surface area contributed by atoms with Gasteiger partial charge in [0.05, 0.1) is 51.7 Å². The van der Waals surface area contributed by atoms with Crippen molar-refractivity contribution in [2.24, 2.45) is 5.41 Å². The summed E-state index contributed by atoms with van der Waals surface area (Å²) in [6, 6.07) is 12.6. The molecule has 0 aliphatic heterocycles. The van der Waals surface area contributed by atoms with Gasteiger partial charge < -0.3 is 10.6 Å². The van der Waals surface area contributed by atoms with Gasteiger partial charge in [-0.25, -0.2) is 9.07 Å². The lowest BCUT2D eigenvalue weighted by Crippen LogP contribution is -2.20. The molecule has 0 radical (unpaired) electrons. The SMILES string of the molecule is Cc1c(C#N)cccc1[C@H](Nc1cc(Cl)c2ncc(C#N)c(NCC(C)(C)C)c2c1)c1cn(C(C)CF)nn1. The number of pyridine rings is 1. The molecule has 0 spiro atoms. The third-order valence-electron chi connectivity index (χ3n) is 6.46. The van der Waals surface area contributed by atoms with Crippen LogP contribution in [0, 0.1) is 35.0 Å². The van der Waals surface area contributed by atoms with Crippen LogP contribution in [0.2, 0.25) is 5.02 Å². The highest BCUT2D eigenvalue weighted by Crippen LogP contribution is 2.36. The number of benzene rings is 2. The molecule has 0 aliphatic carbocycles. The Bertz CT molecular complexity index is 1590. The largest absolute Gasteiger partial charge is 0.383 e. The van der Waals surface area contributed by atoms with Crippen LogP contribution in [0.15, 0.2) is 42.7 Å². The van der Waals surface area contributed by atoms with Crippen molar-refractivity contribution in [3.63, 3.8) is 0 Å². The van der Waals surface area contributed by atoms with Crippen molar-refractivity contribution in [1.29, 1.82) is 10.5 Å². The molecular formula is C29H30ClFN8. The Balaban J connectivity index is 1.86. The van der Waals surface area contributed by atoms with Gasteiger partial charge in [0.1, 0.15) is 18.4 Å². The minimum Gasteiger partial charge on any atom is -0.383 e. The molecule has 0 bridgehead atoms. The highest BCUT2D eigenvalue weighted by Gasteiger charge is 2.23. The lowest BCUT2D eigenvalue weighted by molar-refractivity contribution is 0.351. The van der Waals surface area contributed by atoms with Crippen molar-refractivity contribution in [3.8, 4) is 12.1 Å². The maximum Gasteiger partial charge on any atom is 0.112 e. The smallest absolute Gasteiger partial charge is 0.112 e. The fourth-order valence-electron chi connectivity index (χ4n) is 4.25. The Hall–Kier alpha value is -4.21.